The number of thioether (sulfide) groups is 1. The van der Waals surface area contributed by atoms with Gasteiger partial charge in [0.1, 0.15) is 12.4 Å². The number of amides is 1. The summed E-state index contributed by atoms with van der Waals surface area (Å²) in [5.41, 5.74) is 0.490. The summed E-state index contributed by atoms with van der Waals surface area (Å²) >= 11 is 14.6. The minimum Gasteiger partial charge on any atom is -0.486 e. The molecule has 2 aromatic heterocycles. The van der Waals surface area contributed by atoms with Gasteiger partial charge in [0.2, 0.25) is 5.91 Å². The molecule has 2 heterocycles. The lowest BCUT2D eigenvalue weighted by atomic mass is 10.2. The van der Waals surface area contributed by atoms with Gasteiger partial charge < -0.3 is 10.1 Å². The largest absolute Gasteiger partial charge is 0.486 e. The van der Waals surface area contributed by atoms with Crippen molar-refractivity contribution in [3.05, 3.63) is 81.9 Å². The second-order valence-corrected chi connectivity index (χ2v) is 10.3. The maximum atomic E-state index is 13.0. The lowest BCUT2D eigenvalue weighted by Gasteiger charge is -2.11. The number of anilines is 1. The Balaban J connectivity index is 1.37. The van der Waals surface area contributed by atoms with Gasteiger partial charge in [-0.25, -0.2) is 4.98 Å². The van der Waals surface area contributed by atoms with Crippen LogP contribution in [0.5, 0.6) is 5.75 Å². The van der Waals surface area contributed by atoms with E-state index in [0.717, 1.165) is 23.9 Å². The van der Waals surface area contributed by atoms with E-state index >= 15 is 0 Å². The summed E-state index contributed by atoms with van der Waals surface area (Å²) in [4.78, 5) is 16.9. The van der Waals surface area contributed by atoms with E-state index in [9.17, 15) is 18.0 Å². The van der Waals surface area contributed by atoms with Crippen LogP contribution in [0.15, 0.2) is 65.7 Å². The summed E-state index contributed by atoms with van der Waals surface area (Å²) in [6.07, 6.45) is -2.87. The van der Waals surface area contributed by atoms with Crippen LogP contribution in [0.4, 0.5) is 18.3 Å². The quantitative estimate of drug-likeness (QED) is 0.153. The van der Waals surface area contributed by atoms with E-state index in [1.165, 1.54) is 23.5 Å². The summed E-state index contributed by atoms with van der Waals surface area (Å²) in [6, 6.07) is 9.64. The van der Waals surface area contributed by atoms with Crippen LogP contribution in [0.25, 0.3) is 11.3 Å². The molecule has 198 valence electrons. The van der Waals surface area contributed by atoms with Crippen molar-refractivity contribution in [1.82, 2.24) is 19.7 Å². The van der Waals surface area contributed by atoms with Crippen LogP contribution in [-0.4, -0.2) is 31.4 Å². The number of alkyl halides is 3. The van der Waals surface area contributed by atoms with Gasteiger partial charge in [-0.15, -0.1) is 28.1 Å². The maximum absolute atomic E-state index is 13.0. The monoisotopic (exact) mass is 599 g/mol. The van der Waals surface area contributed by atoms with Gasteiger partial charge in [-0.05, 0) is 36.4 Å². The van der Waals surface area contributed by atoms with Crippen molar-refractivity contribution in [2.24, 2.45) is 0 Å². The van der Waals surface area contributed by atoms with Crippen LogP contribution in [0, 0.1) is 0 Å². The van der Waals surface area contributed by atoms with E-state index in [1.807, 2.05) is 0 Å². The SMILES string of the molecule is C=CCn1c(COc2cccc(C(F)(F)F)c2)nnc1SCC(=O)Nc1nc(-c2ccc(Cl)cc2Cl)cs1. The number of allylic oxidation sites excluding steroid dienone is 1. The summed E-state index contributed by atoms with van der Waals surface area (Å²) in [6.45, 7) is 3.90. The molecule has 14 heteroatoms. The summed E-state index contributed by atoms with van der Waals surface area (Å²) in [5, 5.41) is 14.5. The predicted molar refractivity (Wildman–Crippen MR) is 143 cm³/mol. The van der Waals surface area contributed by atoms with E-state index in [1.54, 1.807) is 34.2 Å². The molecule has 0 fully saturated rings. The van der Waals surface area contributed by atoms with Crippen LogP contribution in [0.2, 0.25) is 10.0 Å². The molecule has 4 aromatic rings. The lowest BCUT2D eigenvalue weighted by Crippen LogP contribution is -2.15. The Bertz CT molecular complexity index is 1460. The number of nitrogens with one attached hydrogen (secondary N) is 1. The average molecular weight is 600 g/mol. The molecule has 0 saturated heterocycles. The van der Waals surface area contributed by atoms with E-state index in [0.29, 0.717) is 44.0 Å². The Morgan fingerprint density at radius 2 is 2.03 bits per heavy atom. The number of rotatable bonds is 10. The van der Waals surface area contributed by atoms with Gasteiger partial charge in [0.15, 0.2) is 16.1 Å². The van der Waals surface area contributed by atoms with Gasteiger partial charge in [-0.2, -0.15) is 13.2 Å². The molecule has 0 radical (unpaired) electrons. The fourth-order valence-electron chi connectivity index (χ4n) is 3.19. The number of carbonyl (C=O) groups excluding carboxylic acids is 1. The van der Waals surface area contributed by atoms with Crippen molar-refractivity contribution >= 4 is 57.3 Å². The highest BCUT2D eigenvalue weighted by Crippen LogP contribution is 2.33. The molecule has 0 unspecified atom stereocenters. The van der Waals surface area contributed by atoms with Crippen molar-refractivity contribution < 1.29 is 22.7 Å². The van der Waals surface area contributed by atoms with Gasteiger partial charge in [0.05, 0.1) is 22.0 Å². The number of halogens is 5. The Kier molecular flexibility index (Phi) is 8.98. The molecular formula is C24H18Cl2F3N5O2S2. The zero-order chi connectivity index (χ0) is 27.3. The first-order chi connectivity index (χ1) is 18.1. The number of carbonyl (C=O) groups is 1. The maximum Gasteiger partial charge on any atom is 0.416 e. The third kappa shape index (κ3) is 7.07. The number of hydrogen-bond acceptors (Lipinski definition) is 7. The number of hydrogen-bond donors (Lipinski definition) is 1. The highest BCUT2D eigenvalue weighted by atomic mass is 35.5. The molecule has 0 spiro atoms. The van der Waals surface area contributed by atoms with E-state index in [4.69, 9.17) is 27.9 Å². The molecule has 2 aromatic carbocycles. The highest BCUT2D eigenvalue weighted by molar-refractivity contribution is 7.99. The number of thiazole rings is 1. The van der Waals surface area contributed by atoms with Crippen LogP contribution in [0.3, 0.4) is 0 Å². The Morgan fingerprint density at radius 1 is 1.21 bits per heavy atom. The average Bonchev–Trinajstić information content (AvgIpc) is 3.48. The molecule has 0 aliphatic carbocycles. The van der Waals surface area contributed by atoms with E-state index in [2.05, 4.69) is 27.1 Å². The summed E-state index contributed by atoms with van der Waals surface area (Å²) in [5.74, 6) is 0.118. The molecule has 7 nitrogen and oxygen atoms in total. The number of benzene rings is 2. The molecule has 0 aliphatic heterocycles. The zero-order valence-corrected chi connectivity index (χ0v) is 22.5. The van der Waals surface area contributed by atoms with E-state index in [-0.39, 0.29) is 24.0 Å². The molecule has 4 rings (SSSR count). The molecule has 0 bridgehead atoms. The van der Waals surface area contributed by atoms with Crippen LogP contribution in [0.1, 0.15) is 11.4 Å². The Hall–Kier alpha value is -3.06. The molecule has 38 heavy (non-hydrogen) atoms. The minimum absolute atomic E-state index is 0.0143. The molecular weight excluding hydrogens is 582 g/mol. The fraction of sp³-hybridized carbons (Fsp3) is 0.167. The molecule has 0 saturated carbocycles. The van der Waals surface area contributed by atoms with Crippen molar-refractivity contribution in [1.29, 1.82) is 0 Å². The second kappa shape index (κ2) is 12.2. The van der Waals surface area contributed by atoms with Gasteiger partial charge in [0.25, 0.3) is 0 Å². The third-order valence-electron chi connectivity index (χ3n) is 4.92. The van der Waals surface area contributed by atoms with Gasteiger partial charge >= 0.3 is 6.18 Å². The summed E-state index contributed by atoms with van der Waals surface area (Å²) in [7, 11) is 0. The van der Waals surface area contributed by atoms with Gasteiger partial charge in [-0.3, -0.25) is 9.36 Å². The fourth-order valence-corrected chi connectivity index (χ4v) is 5.19. The number of aromatic nitrogens is 4. The van der Waals surface area contributed by atoms with Crippen LogP contribution < -0.4 is 10.1 Å². The van der Waals surface area contributed by atoms with Crippen LogP contribution >= 0.6 is 46.3 Å². The minimum atomic E-state index is -4.48. The van der Waals surface area contributed by atoms with Crippen molar-refractivity contribution in [2.75, 3.05) is 11.1 Å². The third-order valence-corrected chi connectivity index (χ3v) is 7.20. The Morgan fingerprint density at radius 3 is 2.76 bits per heavy atom. The standard InChI is InChI=1S/C24H18Cl2F3N5O2S2/c1-2-8-34-20(11-36-16-5-3-4-14(9-16)24(27,28)29)32-33-23(34)38-13-21(35)31-22-30-19(12-37-22)17-7-6-15(25)10-18(17)26/h2-7,9-10,12H,1,8,11,13H2,(H,30,31,35). The van der Waals surface area contributed by atoms with Crippen molar-refractivity contribution in [2.45, 2.75) is 24.5 Å². The zero-order valence-electron chi connectivity index (χ0n) is 19.3. The normalized spacial score (nSPS) is 11.4. The first kappa shape index (κ1) is 28.0. The molecule has 1 amide bonds. The van der Waals surface area contributed by atoms with Crippen LogP contribution in [-0.2, 0) is 24.1 Å². The summed E-state index contributed by atoms with van der Waals surface area (Å²) < 4.78 is 46.0. The molecule has 1 N–H and O–H groups in total. The number of ether oxygens (including phenoxy) is 1. The predicted octanol–water partition coefficient (Wildman–Crippen LogP) is 7.22. The topological polar surface area (TPSA) is 81.9 Å². The Labute approximate surface area is 233 Å². The van der Waals surface area contributed by atoms with E-state index < -0.39 is 11.7 Å². The van der Waals surface area contributed by atoms with Gasteiger partial charge in [-0.1, -0.05) is 47.1 Å². The highest BCUT2D eigenvalue weighted by Gasteiger charge is 2.30. The number of nitrogens with zero attached hydrogens (tertiary/aromatic N) is 4. The van der Waals surface area contributed by atoms with Crippen molar-refractivity contribution in [3.8, 4) is 17.0 Å². The lowest BCUT2D eigenvalue weighted by molar-refractivity contribution is -0.137. The van der Waals surface area contributed by atoms with Gasteiger partial charge in [0, 0.05) is 22.5 Å². The smallest absolute Gasteiger partial charge is 0.416 e. The molecule has 0 atom stereocenters. The first-order valence-electron chi connectivity index (χ1n) is 10.8. The first-order valence-corrected chi connectivity index (χ1v) is 13.4. The second-order valence-electron chi connectivity index (χ2n) is 7.61. The van der Waals surface area contributed by atoms with Crippen molar-refractivity contribution in [3.63, 3.8) is 0 Å². The molecule has 0 aliphatic rings.